The summed E-state index contributed by atoms with van der Waals surface area (Å²) in [6, 6.07) is 4.75. The highest BCUT2D eigenvalue weighted by molar-refractivity contribution is 5.73. The summed E-state index contributed by atoms with van der Waals surface area (Å²) in [7, 11) is 0. The maximum Gasteiger partial charge on any atom is 0.282 e. The van der Waals surface area contributed by atoms with E-state index in [9.17, 15) is 4.39 Å². The first-order chi connectivity index (χ1) is 6.66. The van der Waals surface area contributed by atoms with Crippen LogP contribution >= 0.6 is 0 Å². The molecule has 0 amide bonds. The first-order valence-electron chi connectivity index (χ1n) is 4.39. The normalized spacial score (nSPS) is 20.4. The molecule has 4 heteroatoms. The van der Waals surface area contributed by atoms with Gasteiger partial charge >= 0.3 is 0 Å². The Labute approximate surface area is 81.4 Å². The van der Waals surface area contributed by atoms with E-state index in [1.807, 2.05) is 6.92 Å². The number of benzene rings is 1. The van der Waals surface area contributed by atoms with Crippen molar-refractivity contribution in [3.8, 4) is 0 Å². The van der Waals surface area contributed by atoms with E-state index in [1.165, 1.54) is 12.1 Å². The number of aryl methyl sites for hydroxylation is 1. The summed E-state index contributed by atoms with van der Waals surface area (Å²) in [5, 5.41) is 0. The molecule has 2 N–H and O–H groups in total. The third-order valence-corrected chi connectivity index (χ3v) is 2.26. The molecule has 0 radical (unpaired) electrons. The van der Waals surface area contributed by atoms with Gasteiger partial charge in [0.25, 0.3) is 6.02 Å². The number of nitrogens with two attached hydrogens (primary N) is 1. The zero-order valence-electron chi connectivity index (χ0n) is 7.83. The minimum atomic E-state index is -0.234. The van der Waals surface area contributed by atoms with Crippen LogP contribution in [0.15, 0.2) is 23.2 Å². The van der Waals surface area contributed by atoms with Crippen molar-refractivity contribution < 1.29 is 9.13 Å². The number of ether oxygens (including phenoxy) is 1. The lowest BCUT2D eigenvalue weighted by atomic mass is 10.0. The van der Waals surface area contributed by atoms with Crippen LogP contribution in [0, 0.1) is 12.7 Å². The summed E-state index contributed by atoms with van der Waals surface area (Å²) >= 11 is 0. The number of aliphatic imine (C=N–C) groups is 1. The molecule has 0 unspecified atom stereocenters. The Morgan fingerprint density at radius 2 is 2.36 bits per heavy atom. The fourth-order valence-electron chi connectivity index (χ4n) is 1.56. The van der Waals surface area contributed by atoms with Gasteiger partial charge in [-0.3, -0.25) is 0 Å². The van der Waals surface area contributed by atoms with E-state index in [2.05, 4.69) is 4.99 Å². The lowest BCUT2D eigenvalue weighted by molar-refractivity contribution is 0.314. The van der Waals surface area contributed by atoms with E-state index < -0.39 is 0 Å². The smallest absolute Gasteiger partial charge is 0.282 e. The lowest BCUT2D eigenvalue weighted by Crippen LogP contribution is -2.10. The van der Waals surface area contributed by atoms with Crippen LogP contribution in [0.25, 0.3) is 0 Å². The van der Waals surface area contributed by atoms with Crippen molar-refractivity contribution in [3.05, 3.63) is 35.1 Å². The molecule has 1 atom stereocenters. The Bertz CT molecular complexity index is 390. The molecule has 0 saturated heterocycles. The molecular formula is C10H11FN2O. The van der Waals surface area contributed by atoms with Crippen molar-refractivity contribution in [3.63, 3.8) is 0 Å². The van der Waals surface area contributed by atoms with Crippen LogP contribution in [-0.2, 0) is 4.74 Å². The monoisotopic (exact) mass is 194 g/mol. The lowest BCUT2D eigenvalue weighted by Gasteiger charge is -2.08. The van der Waals surface area contributed by atoms with Crippen LogP contribution in [0.1, 0.15) is 17.2 Å². The molecule has 3 nitrogen and oxygen atoms in total. The van der Waals surface area contributed by atoms with Gasteiger partial charge in [-0.05, 0) is 30.2 Å². The van der Waals surface area contributed by atoms with E-state index >= 15 is 0 Å². The van der Waals surface area contributed by atoms with Gasteiger partial charge in [0.1, 0.15) is 18.5 Å². The molecule has 0 saturated carbocycles. The van der Waals surface area contributed by atoms with Crippen molar-refractivity contribution in [1.82, 2.24) is 0 Å². The van der Waals surface area contributed by atoms with Crippen LogP contribution in [0.3, 0.4) is 0 Å². The third-order valence-electron chi connectivity index (χ3n) is 2.26. The van der Waals surface area contributed by atoms with Gasteiger partial charge in [-0.1, -0.05) is 6.07 Å². The Morgan fingerprint density at radius 1 is 1.57 bits per heavy atom. The fraction of sp³-hybridized carbons (Fsp3) is 0.300. The van der Waals surface area contributed by atoms with Crippen molar-refractivity contribution in [1.29, 1.82) is 0 Å². The first-order valence-corrected chi connectivity index (χ1v) is 4.39. The van der Waals surface area contributed by atoms with Gasteiger partial charge in [0.15, 0.2) is 0 Å². The molecule has 1 aromatic carbocycles. The Kier molecular flexibility index (Phi) is 2.11. The Balaban J connectivity index is 2.33. The standard InChI is InChI=1S/C10H11FN2O/c1-6-4-7(11)2-3-8(6)9-5-14-10(12)13-9/h2-4,9H,5H2,1H3,(H2,12,13)/t9-/m1/s1. The van der Waals surface area contributed by atoms with Gasteiger partial charge in [0.2, 0.25) is 0 Å². The Hall–Kier alpha value is -1.58. The predicted octanol–water partition coefficient (Wildman–Crippen LogP) is 1.52. The zero-order chi connectivity index (χ0) is 10.1. The highest BCUT2D eigenvalue weighted by Gasteiger charge is 2.20. The second-order valence-corrected chi connectivity index (χ2v) is 3.30. The second-order valence-electron chi connectivity index (χ2n) is 3.30. The van der Waals surface area contributed by atoms with E-state index in [0.717, 1.165) is 11.1 Å². The quantitative estimate of drug-likeness (QED) is 0.736. The average Bonchev–Trinajstić information content (AvgIpc) is 2.51. The molecule has 1 aliphatic heterocycles. The number of hydrogen-bond acceptors (Lipinski definition) is 3. The molecule has 0 aliphatic carbocycles. The summed E-state index contributed by atoms with van der Waals surface area (Å²) in [4.78, 5) is 4.10. The molecule has 0 fully saturated rings. The molecule has 1 aliphatic rings. The van der Waals surface area contributed by atoms with Crippen LogP contribution in [0.2, 0.25) is 0 Å². The molecule has 1 heterocycles. The highest BCUT2D eigenvalue weighted by atomic mass is 19.1. The van der Waals surface area contributed by atoms with Crippen molar-refractivity contribution >= 4 is 6.02 Å². The summed E-state index contributed by atoms with van der Waals surface area (Å²) in [5.74, 6) is -0.234. The number of nitrogens with zero attached hydrogens (tertiary/aromatic N) is 1. The van der Waals surface area contributed by atoms with Gasteiger partial charge in [-0.25, -0.2) is 9.38 Å². The average molecular weight is 194 g/mol. The molecule has 74 valence electrons. The summed E-state index contributed by atoms with van der Waals surface area (Å²) in [5.41, 5.74) is 7.23. The first kappa shape index (κ1) is 8.99. The third kappa shape index (κ3) is 1.55. The van der Waals surface area contributed by atoms with Crippen molar-refractivity contribution in [2.75, 3.05) is 6.61 Å². The van der Waals surface area contributed by atoms with Gasteiger partial charge in [0.05, 0.1) is 0 Å². The number of amidine groups is 1. The predicted molar refractivity (Wildman–Crippen MR) is 51.5 cm³/mol. The molecule has 0 spiro atoms. The van der Waals surface area contributed by atoms with E-state index in [-0.39, 0.29) is 17.9 Å². The van der Waals surface area contributed by atoms with Crippen LogP contribution < -0.4 is 5.73 Å². The van der Waals surface area contributed by atoms with E-state index in [0.29, 0.717) is 6.61 Å². The molecule has 1 aromatic rings. The maximum absolute atomic E-state index is 12.8. The summed E-state index contributed by atoms with van der Waals surface area (Å²) < 4.78 is 17.9. The fourth-order valence-corrected chi connectivity index (χ4v) is 1.56. The molecular weight excluding hydrogens is 183 g/mol. The largest absolute Gasteiger partial charge is 0.463 e. The number of halogens is 1. The Morgan fingerprint density at radius 3 is 2.93 bits per heavy atom. The highest BCUT2D eigenvalue weighted by Crippen LogP contribution is 2.25. The second kappa shape index (κ2) is 3.29. The van der Waals surface area contributed by atoms with Crippen LogP contribution in [0.4, 0.5) is 4.39 Å². The molecule has 0 aromatic heterocycles. The topological polar surface area (TPSA) is 47.6 Å². The summed E-state index contributed by atoms with van der Waals surface area (Å²) in [6.45, 7) is 2.29. The zero-order valence-corrected chi connectivity index (χ0v) is 7.83. The molecule has 2 rings (SSSR count). The summed E-state index contributed by atoms with van der Waals surface area (Å²) in [6.07, 6.45) is 0. The maximum atomic E-state index is 12.8. The van der Waals surface area contributed by atoms with Gasteiger partial charge in [0, 0.05) is 0 Å². The minimum Gasteiger partial charge on any atom is -0.463 e. The van der Waals surface area contributed by atoms with Crippen LogP contribution in [0.5, 0.6) is 0 Å². The van der Waals surface area contributed by atoms with E-state index in [1.54, 1.807) is 6.07 Å². The SMILES string of the molecule is Cc1cc(F)ccc1[C@H]1COC(N)=N1. The van der Waals surface area contributed by atoms with E-state index in [4.69, 9.17) is 10.5 Å². The molecule has 14 heavy (non-hydrogen) atoms. The van der Waals surface area contributed by atoms with Crippen molar-refractivity contribution in [2.45, 2.75) is 13.0 Å². The van der Waals surface area contributed by atoms with Gasteiger partial charge in [-0.2, -0.15) is 0 Å². The van der Waals surface area contributed by atoms with Crippen LogP contribution in [-0.4, -0.2) is 12.6 Å². The minimum absolute atomic E-state index is 0.0874. The van der Waals surface area contributed by atoms with Crippen molar-refractivity contribution in [2.24, 2.45) is 10.7 Å². The van der Waals surface area contributed by atoms with Gasteiger partial charge in [-0.15, -0.1) is 0 Å². The number of hydrogen-bond donors (Lipinski definition) is 1. The van der Waals surface area contributed by atoms with Gasteiger partial charge < -0.3 is 10.5 Å². The number of rotatable bonds is 1. The molecule has 0 bridgehead atoms.